The quantitative estimate of drug-likeness (QED) is 0.376. The van der Waals surface area contributed by atoms with Crippen LogP contribution in [-0.4, -0.2) is 28.6 Å². The van der Waals surface area contributed by atoms with Gasteiger partial charge in [-0.3, -0.25) is 14.4 Å². The highest BCUT2D eigenvalue weighted by Crippen LogP contribution is 2.67. The molecular weight excluding hydrogens is 508 g/mol. The van der Waals surface area contributed by atoms with Crippen LogP contribution in [0.15, 0.2) is 58.7 Å². The summed E-state index contributed by atoms with van der Waals surface area (Å²) in [6.07, 6.45) is 3.12. The minimum Gasteiger partial charge on any atom is -0.387 e. The highest BCUT2D eigenvalue weighted by atomic mass is 16.3. The molecule has 0 aromatic heterocycles. The zero-order valence-electron chi connectivity index (χ0n) is 26.0. The molecule has 3 aliphatic carbocycles. The first-order valence-electron chi connectivity index (χ1n) is 15.1. The fraction of sp³-hybridized carbons (Fsp3) is 0.486. The van der Waals surface area contributed by atoms with Crippen LogP contribution < -0.4 is 0 Å². The van der Waals surface area contributed by atoms with Crippen molar-refractivity contribution in [2.45, 2.75) is 100 Å². The van der Waals surface area contributed by atoms with Crippen molar-refractivity contribution in [2.24, 2.45) is 16.2 Å². The maximum Gasteiger partial charge on any atom is 0.190 e. The molecular formula is C37H44O4. The molecule has 41 heavy (non-hydrogen) atoms. The molecule has 0 spiro atoms. The van der Waals surface area contributed by atoms with Crippen molar-refractivity contribution in [1.29, 1.82) is 0 Å². The Bertz CT molecular complexity index is 1540. The van der Waals surface area contributed by atoms with Gasteiger partial charge < -0.3 is 5.11 Å². The average Bonchev–Trinajstić information content (AvgIpc) is 2.90. The van der Waals surface area contributed by atoms with Gasteiger partial charge in [0.25, 0.3) is 0 Å². The number of carbonyl (C=O) groups is 3. The van der Waals surface area contributed by atoms with E-state index < -0.39 is 11.5 Å². The number of benzene rings is 2. The molecule has 0 saturated carbocycles. The molecule has 0 bridgehead atoms. The van der Waals surface area contributed by atoms with Gasteiger partial charge in [-0.15, -0.1) is 0 Å². The van der Waals surface area contributed by atoms with Gasteiger partial charge in [-0.25, -0.2) is 0 Å². The Hall–Kier alpha value is -3.11. The van der Waals surface area contributed by atoms with Crippen LogP contribution in [0, 0.1) is 23.2 Å². The summed E-state index contributed by atoms with van der Waals surface area (Å²) in [5.41, 5.74) is 7.68. The van der Waals surface area contributed by atoms with Gasteiger partial charge in [0.05, 0.1) is 6.10 Å². The molecule has 0 saturated heterocycles. The predicted molar refractivity (Wildman–Crippen MR) is 163 cm³/mol. The molecule has 4 heteroatoms. The summed E-state index contributed by atoms with van der Waals surface area (Å²) in [6.45, 7) is 16.2. The second kappa shape index (κ2) is 10.0. The Kier molecular flexibility index (Phi) is 7.18. The van der Waals surface area contributed by atoms with Crippen molar-refractivity contribution < 1.29 is 19.5 Å². The second-order valence-electron chi connectivity index (χ2n) is 13.7. The lowest BCUT2D eigenvalue weighted by molar-refractivity contribution is -0.118. The summed E-state index contributed by atoms with van der Waals surface area (Å²) in [7, 11) is 0. The average molecular weight is 553 g/mol. The van der Waals surface area contributed by atoms with Gasteiger partial charge in [-0.05, 0) is 87.5 Å². The molecule has 4 atom stereocenters. The van der Waals surface area contributed by atoms with Crippen LogP contribution in [0.5, 0.6) is 0 Å². The molecule has 0 amide bonds. The number of fused-ring (bicyclic) bond motifs is 3. The van der Waals surface area contributed by atoms with E-state index in [2.05, 4.69) is 33.8 Å². The van der Waals surface area contributed by atoms with E-state index >= 15 is 0 Å². The SMILES string of the molecule is CCc1cc(CCC(=O)c2ccccc2)c(C)c2c1CC1(C)CC3(C)CC(C)=C(C(C)=O)C(O)C3(C)C(C)=C1C2=O. The van der Waals surface area contributed by atoms with Gasteiger partial charge in [0, 0.05) is 39.5 Å². The maximum absolute atomic E-state index is 14.7. The summed E-state index contributed by atoms with van der Waals surface area (Å²) < 4.78 is 0. The van der Waals surface area contributed by atoms with Crippen molar-refractivity contribution in [3.63, 3.8) is 0 Å². The van der Waals surface area contributed by atoms with Gasteiger partial charge in [0.1, 0.15) is 0 Å². The van der Waals surface area contributed by atoms with Gasteiger partial charge in [-0.2, -0.15) is 0 Å². The number of aliphatic hydroxyl groups excluding tert-OH is 1. The Labute approximate surface area is 244 Å². The summed E-state index contributed by atoms with van der Waals surface area (Å²) in [5, 5.41) is 11.8. The van der Waals surface area contributed by atoms with Crippen molar-refractivity contribution in [3.05, 3.63) is 92.1 Å². The van der Waals surface area contributed by atoms with Crippen molar-refractivity contribution in [3.8, 4) is 0 Å². The zero-order valence-corrected chi connectivity index (χ0v) is 26.0. The molecule has 1 N–H and O–H groups in total. The van der Waals surface area contributed by atoms with E-state index in [1.807, 2.05) is 51.1 Å². The normalized spacial score (nSPS) is 29.2. The van der Waals surface area contributed by atoms with Crippen LogP contribution in [0.25, 0.3) is 0 Å². The number of Topliss-reactive ketones (excluding diaryl/α,β-unsaturated/α-hetero) is 3. The summed E-state index contributed by atoms with van der Waals surface area (Å²) in [5.74, 6) is 0.0669. The molecule has 4 unspecified atom stereocenters. The third-order valence-electron chi connectivity index (χ3n) is 11.1. The Morgan fingerprint density at radius 1 is 1.00 bits per heavy atom. The molecule has 0 fully saturated rings. The van der Waals surface area contributed by atoms with E-state index in [0.29, 0.717) is 24.0 Å². The van der Waals surface area contributed by atoms with E-state index in [4.69, 9.17) is 0 Å². The van der Waals surface area contributed by atoms with Crippen molar-refractivity contribution >= 4 is 17.3 Å². The lowest BCUT2D eigenvalue weighted by Crippen LogP contribution is -2.58. The van der Waals surface area contributed by atoms with E-state index in [1.54, 1.807) is 0 Å². The zero-order chi connectivity index (χ0) is 30.1. The minimum atomic E-state index is -0.951. The summed E-state index contributed by atoms with van der Waals surface area (Å²) in [6, 6.07) is 11.6. The molecule has 2 aromatic rings. The number of rotatable bonds is 6. The Balaban J connectivity index is 1.62. The maximum atomic E-state index is 14.7. The molecule has 2 aromatic carbocycles. The number of allylic oxidation sites excluding steroid dienone is 2. The Morgan fingerprint density at radius 3 is 2.27 bits per heavy atom. The number of aliphatic hydroxyl groups is 1. The van der Waals surface area contributed by atoms with Crippen molar-refractivity contribution in [1.82, 2.24) is 0 Å². The number of aryl methyl sites for hydroxylation is 2. The minimum absolute atomic E-state index is 0.0563. The van der Waals surface area contributed by atoms with Gasteiger partial charge in [0.2, 0.25) is 0 Å². The lowest BCUT2D eigenvalue weighted by Gasteiger charge is -2.62. The third kappa shape index (κ3) is 4.24. The van der Waals surface area contributed by atoms with E-state index in [9.17, 15) is 19.5 Å². The monoisotopic (exact) mass is 552 g/mol. The molecule has 0 radical (unpaired) electrons. The summed E-state index contributed by atoms with van der Waals surface area (Å²) in [4.78, 5) is 40.3. The molecule has 216 valence electrons. The fourth-order valence-electron chi connectivity index (χ4n) is 8.94. The van der Waals surface area contributed by atoms with Crippen LogP contribution in [0.3, 0.4) is 0 Å². The first kappa shape index (κ1) is 29.4. The molecule has 0 aliphatic heterocycles. The predicted octanol–water partition coefficient (Wildman–Crippen LogP) is 7.52. The van der Waals surface area contributed by atoms with Crippen molar-refractivity contribution in [2.75, 3.05) is 0 Å². The Morgan fingerprint density at radius 2 is 1.66 bits per heavy atom. The topological polar surface area (TPSA) is 71.4 Å². The van der Waals surface area contributed by atoms with Crippen LogP contribution >= 0.6 is 0 Å². The first-order valence-corrected chi connectivity index (χ1v) is 15.1. The molecule has 4 nitrogen and oxygen atoms in total. The first-order chi connectivity index (χ1) is 19.2. The van der Waals surface area contributed by atoms with Gasteiger partial charge in [-0.1, -0.05) is 75.2 Å². The van der Waals surface area contributed by atoms with Gasteiger partial charge >= 0.3 is 0 Å². The number of hydrogen-bond acceptors (Lipinski definition) is 4. The van der Waals surface area contributed by atoms with E-state index in [-0.39, 0.29) is 28.2 Å². The molecule has 3 aliphatic rings. The highest BCUT2D eigenvalue weighted by Gasteiger charge is 2.63. The largest absolute Gasteiger partial charge is 0.387 e. The van der Waals surface area contributed by atoms with Crippen LogP contribution in [0.2, 0.25) is 0 Å². The standard InChI is InChI=1S/C37H44O4/c1-9-25-17-27(15-16-29(39)26-13-11-10-12-14-26)22(3)31-28(25)19-35(6)20-36(7)18-21(2)30(24(5)38)34(41)37(36,8)23(4)32(35)33(31)40/h10-14,17,34,41H,9,15-16,18-20H2,1-8H3. The highest BCUT2D eigenvalue weighted by molar-refractivity contribution is 6.14. The number of ketones is 3. The fourth-order valence-corrected chi connectivity index (χ4v) is 8.94. The number of carbonyl (C=O) groups excluding carboxylic acids is 3. The smallest absolute Gasteiger partial charge is 0.190 e. The molecule has 0 heterocycles. The third-order valence-corrected chi connectivity index (χ3v) is 11.1. The summed E-state index contributed by atoms with van der Waals surface area (Å²) >= 11 is 0. The lowest BCUT2D eigenvalue weighted by atomic mass is 9.42. The van der Waals surface area contributed by atoms with Crippen LogP contribution in [-0.2, 0) is 24.1 Å². The second-order valence-corrected chi connectivity index (χ2v) is 13.7. The van der Waals surface area contributed by atoms with E-state index in [1.165, 1.54) is 12.5 Å². The molecule has 5 rings (SSSR count). The number of hydrogen-bond donors (Lipinski definition) is 1. The van der Waals surface area contributed by atoms with Gasteiger partial charge in [0.15, 0.2) is 17.3 Å². The van der Waals surface area contributed by atoms with E-state index in [0.717, 1.165) is 64.7 Å². The van der Waals surface area contributed by atoms with Crippen LogP contribution in [0.4, 0.5) is 0 Å². The van der Waals surface area contributed by atoms with Crippen LogP contribution in [0.1, 0.15) is 111 Å².